The standard InChI is InChI=1S/C11H20N4O2S/c1-10-5-3-4-6-15(10)18(16,17)14(2)9-11-7-12-13-8-11/h7-8,10H,3-6,9H2,1-2H3,(H,12,13). The monoisotopic (exact) mass is 272 g/mol. The molecule has 1 fully saturated rings. The van der Waals surface area contributed by atoms with Gasteiger partial charge in [-0.2, -0.15) is 22.1 Å². The molecule has 1 aliphatic heterocycles. The highest BCUT2D eigenvalue weighted by Gasteiger charge is 2.32. The molecule has 1 aromatic heterocycles. The molecule has 6 nitrogen and oxygen atoms in total. The van der Waals surface area contributed by atoms with Crippen LogP contribution in [0.2, 0.25) is 0 Å². The lowest BCUT2D eigenvalue weighted by atomic mass is 10.1. The van der Waals surface area contributed by atoms with Crippen LogP contribution in [0.25, 0.3) is 0 Å². The zero-order chi connectivity index (χ0) is 13.2. The average molecular weight is 272 g/mol. The molecule has 0 radical (unpaired) electrons. The predicted octanol–water partition coefficient (Wildman–Crippen LogP) is 0.961. The summed E-state index contributed by atoms with van der Waals surface area (Å²) in [7, 11) is -1.75. The molecule has 7 heteroatoms. The topological polar surface area (TPSA) is 69.3 Å². The second-order valence-electron chi connectivity index (χ2n) is 4.83. The molecule has 0 aliphatic carbocycles. The first-order valence-electron chi connectivity index (χ1n) is 6.22. The molecule has 0 aromatic carbocycles. The van der Waals surface area contributed by atoms with E-state index in [0.717, 1.165) is 24.8 Å². The van der Waals surface area contributed by atoms with Gasteiger partial charge in [-0.15, -0.1) is 0 Å². The molecule has 18 heavy (non-hydrogen) atoms. The number of H-pyrrole nitrogens is 1. The van der Waals surface area contributed by atoms with Gasteiger partial charge in [-0.05, 0) is 19.8 Å². The van der Waals surface area contributed by atoms with Gasteiger partial charge in [0, 0.05) is 37.9 Å². The third kappa shape index (κ3) is 2.73. The Morgan fingerprint density at radius 1 is 1.56 bits per heavy atom. The van der Waals surface area contributed by atoms with Gasteiger partial charge in [-0.3, -0.25) is 5.10 Å². The molecule has 0 bridgehead atoms. The minimum atomic E-state index is -3.36. The number of nitrogens with one attached hydrogen (secondary N) is 1. The molecule has 1 unspecified atom stereocenters. The van der Waals surface area contributed by atoms with Crippen molar-refractivity contribution in [1.29, 1.82) is 0 Å². The molecule has 1 aromatic rings. The first-order chi connectivity index (χ1) is 8.51. The molecule has 1 atom stereocenters. The lowest BCUT2D eigenvalue weighted by Crippen LogP contribution is -2.48. The molecule has 0 spiro atoms. The molecular weight excluding hydrogens is 252 g/mol. The summed E-state index contributed by atoms with van der Waals surface area (Å²) < 4.78 is 27.9. The molecule has 1 N–H and O–H groups in total. The van der Waals surface area contributed by atoms with Gasteiger partial charge in [-0.25, -0.2) is 0 Å². The van der Waals surface area contributed by atoms with E-state index in [1.165, 1.54) is 4.31 Å². The number of piperidine rings is 1. The fourth-order valence-electron chi connectivity index (χ4n) is 2.30. The second kappa shape index (κ2) is 5.38. The first kappa shape index (κ1) is 13.5. The molecule has 102 valence electrons. The molecule has 1 aliphatic rings. The third-order valence-corrected chi connectivity index (χ3v) is 5.44. The normalized spacial score (nSPS) is 22.5. The Balaban J connectivity index is 2.09. The molecule has 1 saturated heterocycles. The van der Waals surface area contributed by atoms with Crippen molar-refractivity contribution in [1.82, 2.24) is 18.8 Å². The summed E-state index contributed by atoms with van der Waals surface area (Å²) in [6.45, 7) is 2.95. The number of nitrogens with zero attached hydrogens (tertiary/aromatic N) is 3. The lowest BCUT2D eigenvalue weighted by Gasteiger charge is -2.35. The minimum Gasteiger partial charge on any atom is -0.285 e. The second-order valence-corrected chi connectivity index (χ2v) is 6.81. The van der Waals surface area contributed by atoms with Crippen molar-refractivity contribution in [2.24, 2.45) is 0 Å². The van der Waals surface area contributed by atoms with Crippen LogP contribution in [0.5, 0.6) is 0 Å². The van der Waals surface area contributed by atoms with E-state index in [1.807, 2.05) is 6.92 Å². The summed E-state index contributed by atoms with van der Waals surface area (Å²) in [4.78, 5) is 0. The van der Waals surface area contributed by atoms with Crippen molar-refractivity contribution >= 4 is 10.2 Å². The summed E-state index contributed by atoms with van der Waals surface area (Å²) in [5, 5.41) is 6.51. The van der Waals surface area contributed by atoms with Crippen LogP contribution in [-0.2, 0) is 16.8 Å². The Bertz CT molecular complexity index is 471. The molecular formula is C11H20N4O2S. The van der Waals surface area contributed by atoms with Crippen LogP contribution in [0.3, 0.4) is 0 Å². The van der Waals surface area contributed by atoms with Crippen molar-refractivity contribution in [2.75, 3.05) is 13.6 Å². The van der Waals surface area contributed by atoms with Crippen LogP contribution >= 0.6 is 0 Å². The summed E-state index contributed by atoms with van der Waals surface area (Å²) in [5.41, 5.74) is 0.866. The highest BCUT2D eigenvalue weighted by Crippen LogP contribution is 2.22. The van der Waals surface area contributed by atoms with Gasteiger partial charge in [0.1, 0.15) is 0 Å². The van der Waals surface area contributed by atoms with Gasteiger partial charge in [0.2, 0.25) is 0 Å². The maximum Gasteiger partial charge on any atom is 0.282 e. The van der Waals surface area contributed by atoms with Crippen LogP contribution in [0.4, 0.5) is 0 Å². The maximum absolute atomic E-state index is 12.4. The van der Waals surface area contributed by atoms with Gasteiger partial charge in [0.15, 0.2) is 0 Å². The first-order valence-corrected chi connectivity index (χ1v) is 7.62. The summed E-state index contributed by atoms with van der Waals surface area (Å²) in [6, 6.07) is 0.0931. The van der Waals surface area contributed by atoms with Crippen LogP contribution in [-0.4, -0.2) is 46.9 Å². The zero-order valence-electron chi connectivity index (χ0n) is 10.8. The van der Waals surface area contributed by atoms with Gasteiger partial charge < -0.3 is 0 Å². The van der Waals surface area contributed by atoms with E-state index in [2.05, 4.69) is 10.2 Å². The third-order valence-electron chi connectivity index (χ3n) is 3.39. The van der Waals surface area contributed by atoms with Gasteiger partial charge in [-0.1, -0.05) is 6.42 Å². The Hall–Kier alpha value is -0.920. The lowest BCUT2D eigenvalue weighted by molar-refractivity contribution is 0.249. The number of aromatic nitrogens is 2. The van der Waals surface area contributed by atoms with Gasteiger partial charge in [0.25, 0.3) is 10.2 Å². The van der Waals surface area contributed by atoms with E-state index >= 15 is 0 Å². The van der Waals surface area contributed by atoms with Crippen LogP contribution < -0.4 is 0 Å². The molecule has 2 rings (SSSR count). The van der Waals surface area contributed by atoms with E-state index in [-0.39, 0.29) is 6.04 Å². The smallest absolute Gasteiger partial charge is 0.282 e. The number of hydrogen-bond acceptors (Lipinski definition) is 3. The molecule has 0 saturated carbocycles. The minimum absolute atomic E-state index is 0.0931. The quantitative estimate of drug-likeness (QED) is 0.887. The van der Waals surface area contributed by atoms with E-state index in [9.17, 15) is 8.42 Å². The Morgan fingerprint density at radius 2 is 2.33 bits per heavy atom. The predicted molar refractivity (Wildman–Crippen MR) is 69.0 cm³/mol. The van der Waals surface area contributed by atoms with Crippen molar-refractivity contribution in [3.63, 3.8) is 0 Å². The summed E-state index contributed by atoms with van der Waals surface area (Å²) in [6.07, 6.45) is 6.36. The number of hydrogen-bond donors (Lipinski definition) is 1. The van der Waals surface area contributed by atoms with Crippen molar-refractivity contribution < 1.29 is 8.42 Å². The van der Waals surface area contributed by atoms with Crippen molar-refractivity contribution in [3.8, 4) is 0 Å². The van der Waals surface area contributed by atoms with E-state index < -0.39 is 10.2 Å². The highest BCUT2D eigenvalue weighted by atomic mass is 32.2. The summed E-state index contributed by atoms with van der Waals surface area (Å²) >= 11 is 0. The largest absolute Gasteiger partial charge is 0.285 e. The van der Waals surface area contributed by atoms with Crippen LogP contribution in [0.1, 0.15) is 31.7 Å². The van der Waals surface area contributed by atoms with Crippen molar-refractivity contribution in [3.05, 3.63) is 18.0 Å². The Morgan fingerprint density at radius 3 is 2.94 bits per heavy atom. The van der Waals surface area contributed by atoms with E-state index in [0.29, 0.717) is 13.1 Å². The van der Waals surface area contributed by atoms with Crippen molar-refractivity contribution in [2.45, 2.75) is 38.8 Å². The Kier molecular flexibility index (Phi) is 4.04. The highest BCUT2D eigenvalue weighted by molar-refractivity contribution is 7.86. The van der Waals surface area contributed by atoms with E-state index in [1.54, 1.807) is 23.7 Å². The zero-order valence-corrected chi connectivity index (χ0v) is 11.7. The molecule has 2 heterocycles. The average Bonchev–Trinajstić information content (AvgIpc) is 2.82. The number of rotatable bonds is 4. The molecule has 0 amide bonds. The van der Waals surface area contributed by atoms with Gasteiger partial charge in [0.05, 0.1) is 6.20 Å². The Labute approximate surface area is 108 Å². The summed E-state index contributed by atoms with van der Waals surface area (Å²) in [5.74, 6) is 0. The van der Waals surface area contributed by atoms with Gasteiger partial charge >= 0.3 is 0 Å². The van der Waals surface area contributed by atoms with E-state index in [4.69, 9.17) is 0 Å². The number of aromatic amines is 1. The SMILES string of the molecule is CC1CCCCN1S(=O)(=O)N(C)Cc1cn[nH]c1. The fraction of sp³-hybridized carbons (Fsp3) is 0.727. The fourth-order valence-corrected chi connectivity index (χ4v) is 3.89. The maximum atomic E-state index is 12.4. The van der Waals surface area contributed by atoms with Crippen LogP contribution in [0.15, 0.2) is 12.4 Å². The van der Waals surface area contributed by atoms with Crippen LogP contribution in [0, 0.1) is 0 Å².